The highest BCUT2D eigenvalue weighted by atomic mass is 15.4. The van der Waals surface area contributed by atoms with Crippen molar-refractivity contribution in [3.05, 3.63) is 59.8 Å². The van der Waals surface area contributed by atoms with Crippen LogP contribution in [0.3, 0.4) is 0 Å². The Morgan fingerprint density at radius 3 is 2.68 bits per heavy atom. The first-order valence-electron chi connectivity index (χ1n) is 6.62. The fraction of sp³-hybridized carbons (Fsp3) is 0.0667. The van der Waals surface area contributed by atoms with Gasteiger partial charge in [-0.1, -0.05) is 18.2 Å². The summed E-state index contributed by atoms with van der Waals surface area (Å²) in [6, 6.07) is 14.9. The molecule has 3 rings (SSSR count). The molecule has 22 heavy (non-hydrogen) atoms. The van der Waals surface area contributed by atoms with Crippen molar-refractivity contribution in [1.82, 2.24) is 19.7 Å². The number of hydrogen-bond donors (Lipinski definition) is 2. The van der Waals surface area contributed by atoms with E-state index in [2.05, 4.69) is 26.5 Å². The lowest BCUT2D eigenvalue weighted by molar-refractivity contribution is 0.698. The molecule has 7 nitrogen and oxygen atoms in total. The number of pyridine rings is 1. The van der Waals surface area contributed by atoms with Crippen molar-refractivity contribution >= 4 is 17.7 Å². The zero-order valence-corrected chi connectivity index (χ0v) is 11.6. The molecule has 0 bridgehead atoms. The highest BCUT2D eigenvalue weighted by Crippen LogP contribution is 2.13. The summed E-state index contributed by atoms with van der Waals surface area (Å²) in [5.74, 6) is 1.35. The Morgan fingerprint density at radius 2 is 2.00 bits per heavy atom. The molecule has 108 valence electrons. The van der Waals surface area contributed by atoms with Gasteiger partial charge in [-0.15, -0.1) is 5.10 Å². The minimum absolute atomic E-state index is 0.308. The van der Waals surface area contributed by atoms with E-state index in [1.165, 1.54) is 0 Å². The zero-order valence-electron chi connectivity index (χ0n) is 11.6. The van der Waals surface area contributed by atoms with Crippen molar-refractivity contribution in [3.8, 4) is 6.07 Å². The van der Waals surface area contributed by atoms with Crippen molar-refractivity contribution in [2.45, 2.75) is 6.54 Å². The summed E-state index contributed by atoms with van der Waals surface area (Å²) in [6.45, 7) is 0.481. The van der Waals surface area contributed by atoms with Crippen LogP contribution < -0.4 is 11.1 Å². The standard InChI is InChI=1S/C15H13N7/c16-9-11-4-6-12(7-5-11)10-22-14(17)20-15(21-22)19-13-3-1-2-8-18-13/h1-8H,10H2,(H3,17,18,19,20,21). The van der Waals surface area contributed by atoms with E-state index in [-0.39, 0.29) is 0 Å². The topological polar surface area (TPSA) is 105 Å². The Bertz CT molecular complexity index is 800. The molecule has 2 aromatic heterocycles. The highest BCUT2D eigenvalue weighted by Gasteiger charge is 2.08. The Balaban J connectivity index is 1.76. The summed E-state index contributed by atoms with van der Waals surface area (Å²) >= 11 is 0. The molecule has 0 aliphatic carbocycles. The van der Waals surface area contributed by atoms with Gasteiger partial charge in [0.2, 0.25) is 11.9 Å². The molecule has 0 fully saturated rings. The van der Waals surface area contributed by atoms with Crippen molar-refractivity contribution < 1.29 is 0 Å². The number of nitrogens with one attached hydrogen (secondary N) is 1. The molecule has 1 aromatic carbocycles. The van der Waals surface area contributed by atoms with E-state index in [1.54, 1.807) is 23.0 Å². The van der Waals surface area contributed by atoms with Crippen molar-refractivity contribution in [2.24, 2.45) is 0 Å². The fourth-order valence-electron chi connectivity index (χ4n) is 1.93. The number of aromatic nitrogens is 4. The number of anilines is 3. The Morgan fingerprint density at radius 1 is 1.18 bits per heavy atom. The summed E-state index contributed by atoms with van der Waals surface area (Å²) in [4.78, 5) is 8.31. The second kappa shape index (κ2) is 5.93. The number of benzene rings is 1. The van der Waals surface area contributed by atoms with Gasteiger partial charge in [-0.3, -0.25) is 0 Å². The maximum atomic E-state index is 8.79. The predicted octanol–water partition coefficient (Wildman–Crippen LogP) is 1.92. The van der Waals surface area contributed by atoms with Gasteiger partial charge in [0.1, 0.15) is 5.82 Å². The Hall–Kier alpha value is -3.40. The second-order valence-corrected chi connectivity index (χ2v) is 4.60. The summed E-state index contributed by atoms with van der Waals surface area (Å²) in [6.07, 6.45) is 1.68. The number of nitrogen functional groups attached to an aromatic ring is 1. The van der Waals surface area contributed by atoms with Crippen LogP contribution in [0.4, 0.5) is 17.7 Å². The van der Waals surface area contributed by atoms with Gasteiger partial charge in [0.25, 0.3) is 0 Å². The summed E-state index contributed by atoms with van der Waals surface area (Å²) in [5.41, 5.74) is 7.48. The van der Waals surface area contributed by atoms with Gasteiger partial charge in [-0.25, -0.2) is 9.67 Å². The molecule has 0 unspecified atom stereocenters. The number of hydrogen-bond acceptors (Lipinski definition) is 6. The molecule has 0 radical (unpaired) electrons. The van der Waals surface area contributed by atoms with E-state index in [1.807, 2.05) is 30.3 Å². The first-order chi connectivity index (χ1) is 10.7. The number of nitrogens with zero attached hydrogens (tertiary/aromatic N) is 5. The molecule has 3 aromatic rings. The van der Waals surface area contributed by atoms with Crippen LogP contribution in [0.1, 0.15) is 11.1 Å². The third kappa shape index (κ3) is 3.02. The van der Waals surface area contributed by atoms with E-state index in [9.17, 15) is 0 Å². The molecule has 0 aliphatic heterocycles. The van der Waals surface area contributed by atoms with E-state index in [4.69, 9.17) is 11.0 Å². The average molecular weight is 291 g/mol. The Labute approximate surface area is 127 Å². The lowest BCUT2D eigenvalue weighted by atomic mass is 10.1. The molecule has 0 spiro atoms. The lowest BCUT2D eigenvalue weighted by Crippen LogP contribution is -2.06. The summed E-state index contributed by atoms with van der Waals surface area (Å²) < 4.78 is 1.59. The second-order valence-electron chi connectivity index (χ2n) is 4.60. The van der Waals surface area contributed by atoms with E-state index in [0.717, 1.165) is 5.56 Å². The van der Waals surface area contributed by atoms with Crippen LogP contribution in [-0.2, 0) is 6.54 Å². The smallest absolute Gasteiger partial charge is 0.249 e. The maximum Gasteiger partial charge on any atom is 0.249 e. The number of nitriles is 1. The number of rotatable bonds is 4. The predicted molar refractivity (Wildman–Crippen MR) is 82.2 cm³/mol. The quantitative estimate of drug-likeness (QED) is 0.760. The van der Waals surface area contributed by atoms with E-state index >= 15 is 0 Å². The van der Waals surface area contributed by atoms with Crippen LogP contribution in [0, 0.1) is 11.3 Å². The van der Waals surface area contributed by atoms with Gasteiger partial charge in [0.05, 0.1) is 18.2 Å². The normalized spacial score (nSPS) is 10.1. The van der Waals surface area contributed by atoms with Crippen LogP contribution >= 0.6 is 0 Å². The average Bonchev–Trinajstić information content (AvgIpc) is 2.88. The molecule has 0 saturated carbocycles. The first kappa shape index (κ1) is 13.6. The third-order valence-corrected chi connectivity index (χ3v) is 3.02. The monoisotopic (exact) mass is 291 g/mol. The molecule has 0 amide bonds. The lowest BCUT2D eigenvalue weighted by Gasteiger charge is -2.03. The molecular formula is C15H13N7. The molecule has 0 saturated heterocycles. The highest BCUT2D eigenvalue weighted by molar-refractivity contribution is 5.48. The van der Waals surface area contributed by atoms with Crippen molar-refractivity contribution in [3.63, 3.8) is 0 Å². The molecule has 7 heteroatoms. The molecule has 0 aliphatic rings. The third-order valence-electron chi connectivity index (χ3n) is 3.02. The van der Waals surface area contributed by atoms with Crippen LogP contribution in [0.25, 0.3) is 0 Å². The van der Waals surface area contributed by atoms with Gasteiger partial charge in [-0.2, -0.15) is 10.2 Å². The fourth-order valence-corrected chi connectivity index (χ4v) is 1.93. The molecule has 3 N–H and O–H groups in total. The molecule has 2 heterocycles. The van der Waals surface area contributed by atoms with E-state index in [0.29, 0.717) is 29.8 Å². The van der Waals surface area contributed by atoms with Crippen LogP contribution in [0.15, 0.2) is 48.7 Å². The number of nitrogens with two attached hydrogens (primary N) is 1. The van der Waals surface area contributed by atoms with E-state index < -0.39 is 0 Å². The van der Waals surface area contributed by atoms with Crippen LogP contribution in [-0.4, -0.2) is 19.7 Å². The van der Waals surface area contributed by atoms with Gasteiger partial charge in [0.15, 0.2) is 0 Å². The van der Waals surface area contributed by atoms with Gasteiger partial charge >= 0.3 is 0 Å². The minimum atomic E-state index is 0.308. The van der Waals surface area contributed by atoms with Gasteiger partial charge < -0.3 is 11.1 Å². The first-order valence-corrected chi connectivity index (χ1v) is 6.62. The molecule has 0 atom stereocenters. The summed E-state index contributed by atoms with van der Waals surface area (Å²) in [7, 11) is 0. The van der Waals surface area contributed by atoms with Gasteiger partial charge in [-0.05, 0) is 29.8 Å². The van der Waals surface area contributed by atoms with Crippen LogP contribution in [0.5, 0.6) is 0 Å². The van der Waals surface area contributed by atoms with Crippen molar-refractivity contribution in [1.29, 1.82) is 5.26 Å². The SMILES string of the molecule is N#Cc1ccc(Cn2nc(Nc3ccccn3)nc2N)cc1. The maximum absolute atomic E-state index is 8.79. The molecular weight excluding hydrogens is 278 g/mol. The Kier molecular flexibility index (Phi) is 3.66. The van der Waals surface area contributed by atoms with Crippen LogP contribution in [0.2, 0.25) is 0 Å². The van der Waals surface area contributed by atoms with Gasteiger partial charge in [0, 0.05) is 6.20 Å². The zero-order chi connectivity index (χ0) is 15.4. The largest absolute Gasteiger partial charge is 0.368 e. The summed E-state index contributed by atoms with van der Waals surface area (Å²) in [5, 5.41) is 16.1. The minimum Gasteiger partial charge on any atom is -0.368 e. The van der Waals surface area contributed by atoms with Crippen molar-refractivity contribution in [2.75, 3.05) is 11.1 Å².